The zero-order valence-electron chi connectivity index (χ0n) is 12.2. The average molecular weight is 282 g/mol. The van der Waals surface area contributed by atoms with Crippen molar-refractivity contribution < 1.29 is 14.3 Å². The number of hydrogen-bond acceptors (Lipinski definition) is 5. The quantitative estimate of drug-likeness (QED) is 0.793. The molecule has 1 aromatic rings. The van der Waals surface area contributed by atoms with Gasteiger partial charge in [-0.2, -0.15) is 0 Å². The molecular weight excluding hydrogens is 256 g/mol. The van der Waals surface area contributed by atoms with Gasteiger partial charge < -0.3 is 20.0 Å². The monoisotopic (exact) mass is 282 g/mol. The van der Waals surface area contributed by atoms with E-state index in [4.69, 9.17) is 20.0 Å². The Labute approximate surface area is 120 Å². The molecule has 0 bridgehead atoms. The van der Waals surface area contributed by atoms with Crippen molar-refractivity contribution in [3.8, 4) is 0 Å². The van der Waals surface area contributed by atoms with Crippen molar-refractivity contribution in [3.05, 3.63) is 24.2 Å². The van der Waals surface area contributed by atoms with Gasteiger partial charge >= 0.3 is 0 Å². The molecule has 1 fully saturated rings. The Balaban J connectivity index is 1.95. The van der Waals surface area contributed by atoms with Gasteiger partial charge in [-0.05, 0) is 31.4 Å². The fourth-order valence-electron chi connectivity index (χ4n) is 2.88. The second-order valence-corrected chi connectivity index (χ2v) is 5.36. The van der Waals surface area contributed by atoms with E-state index in [2.05, 4.69) is 11.8 Å². The van der Waals surface area contributed by atoms with Crippen LogP contribution in [-0.2, 0) is 4.74 Å². The highest BCUT2D eigenvalue weighted by atomic mass is 16.5. The normalized spacial score (nSPS) is 20.9. The summed E-state index contributed by atoms with van der Waals surface area (Å²) in [6, 6.07) is 4.15. The lowest BCUT2D eigenvalue weighted by molar-refractivity contribution is -0.0198. The van der Waals surface area contributed by atoms with E-state index in [1.54, 1.807) is 6.26 Å². The maximum Gasteiger partial charge on any atom is 0.122 e. The first-order chi connectivity index (χ1) is 9.76. The Morgan fingerprint density at radius 2 is 2.25 bits per heavy atom. The number of piperidine rings is 1. The van der Waals surface area contributed by atoms with Crippen LogP contribution in [0.15, 0.2) is 22.8 Å². The number of rotatable bonds is 7. The highest BCUT2D eigenvalue weighted by Crippen LogP contribution is 2.29. The second-order valence-electron chi connectivity index (χ2n) is 5.36. The summed E-state index contributed by atoms with van der Waals surface area (Å²) in [5.74, 6) is 0.953. The smallest absolute Gasteiger partial charge is 0.122 e. The third-order valence-electron chi connectivity index (χ3n) is 4.03. The molecule has 0 spiro atoms. The standard InChI is InChI=1S/C15H26N2O3/c1-2-13(16)15(14-4-3-10-20-14)17-7-5-12(6-8-17)19-11-9-18/h3-4,10,12-13,15,18H,2,5-9,11,16H2,1H3. The molecule has 20 heavy (non-hydrogen) atoms. The summed E-state index contributed by atoms with van der Waals surface area (Å²) in [5.41, 5.74) is 6.29. The summed E-state index contributed by atoms with van der Waals surface area (Å²) in [6.07, 6.45) is 4.85. The lowest BCUT2D eigenvalue weighted by Gasteiger charge is -2.38. The highest BCUT2D eigenvalue weighted by Gasteiger charge is 2.31. The van der Waals surface area contributed by atoms with E-state index in [0.29, 0.717) is 6.61 Å². The maximum atomic E-state index is 8.80. The predicted molar refractivity (Wildman–Crippen MR) is 77.3 cm³/mol. The Bertz CT molecular complexity index is 361. The van der Waals surface area contributed by atoms with Crippen LogP contribution in [0.3, 0.4) is 0 Å². The highest BCUT2D eigenvalue weighted by molar-refractivity contribution is 5.08. The Morgan fingerprint density at radius 3 is 2.80 bits per heavy atom. The van der Waals surface area contributed by atoms with Crippen LogP contribution in [0.5, 0.6) is 0 Å². The van der Waals surface area contributed by atoms with E-state index in [1.807, 2.05) is 12.1 Å². The van der Waals surface area contributed by atoms with Crippen molar-refractivity contribution in [2.45, 2.75) is 44.4 Å². The summed E-state index contributed by atoms with van der Waals surface area (Å²) in [4.78, 5) is 2.39. The van der Waals surface area contributed by atoms with Crippen LogP contribution in [0.1, 0.15) is 38.0 Å². The van der Waals surface area contributed by atoms with Gasteiger partial charge in [0.1, 0.15) is 5.76 Å². The number of hydrogen-bond donors (Lipinski definition) is 2. The lowest BCUT2D eigenvalue weighted by Crippen LogP contribution is -2.46. The number of aliphatic hydroxyl groups is 1. The minimum atomic E-state index is 0.0797. The van der Waals surface area contributed by atoms with Crippen molar-refractivity contribution in [2.75, 3.05) is 26.3 Å². The number of aliphatic hydroxyl groups excluding tert-OH is 1. The number of nitrogens with two attached hydrogens (primary N) is 1. The average Bonchev–Trinajstić information content (AvgIpc) is 3.00. The van der Waals surface area contributed by atoms with Crippen molar-refractivity contribution in [2.24, 2.45) is 5.73 Å². The first-order valence-corrected chi connectivity index (χ1v) is 7.51. The van der Waals surface area contributed by atoms with Crippen LogP contribution in [-0.4, -0.2) is 48.5 Å². The van der Waals surface area contributed by atoms with E-state index in [-0.39, 0.29) is 24.8 Å². The summed E-state index contributed by atoms with van der Waals surface area (Å²) >= 11 is 0. The molecule has 0 saturated carbocycles. The van der Waals surface area contributed by atoms with Gasteiger partial charge in [0, 0.05) is 19.1 Å². The predicted octanol–water partition coefficient (Wildman–Crippen LogP) is 1.53. The first-order valence-electron chi connectivity index (χ1n) is 7.51. The van der Waals surface area contributed by atoms with Gasteiger partial charge in [0.25, 0.3) is 0 Å². The molecule has 0 radical (unpaired) electrons. The summed E-state index contributed by atoms with van der Waals surface area (Å²) in [5, 5.41) is 8.80. The first kappa shape index (κ1) is 15.5. The summed E-state index contributed by atoms with van der Waals surface area (Å²) in [6.45, 7) is 4.54. The number of furan rings is 1. The van der Waals surface area contributed by atoms with E-state index < -0.39 is 0 Å². The van der Waals surface area contributed by atoms with Crippen molar-refractivity contribution in [1.29, 1.82) is 0 Å². The van der Waals surface area contributed by atoms with Gasteiger partial charge in [-0.15, -0.1) is 0 Å². The lowest BCUT2D eigenvalue weighted by atomic mass is 9.98. The molecule has 1 aromatic heterocycles. The minimum Gasteiger partial charge on any atom is -0.468 e. The molecule has 114 valence electrons. The Morgan fingerprint density at radius 1 is 1.50 bits per heavy atom. The van der Waals surface area contributed by atoms with E-state index in [0.717, 1.165) is 38.1 Å². The summed E-state index contributed by atoms with van der Waals surface area (Å²) in [7, 11) is 0. The van der Waals surface area contributed by atoms with Gasteiger partial charge in [-0.1, -0.05) is 6.92 Å². The Hall–Kier alpha value is -0.880. The van der Waals surface area contributed by atoms with Gasteiger partial charge in [-0.3, -0.25) is 4.90 Å². The molecule has 2 heterocycles. The van der Waals surface area contributed by atoms with Gasteiger partial charge in [0.05, 0.1) is 31.6 Å². The third kappa shape index (κ3) is 3.82. The zero-order chi connectivity index (χ0) is 14.4. The van der Waals surface area contributed by atoms with Gasteiger partial charge in [0.15, 0.2) is 0 Å². The van der Waals surface area contributed by atoms with E-state index in [9.17, 15) is 0 Å². The van der Waals surface area contributed by atoms with Crippen molar-refractivity contribution >= 4 is 0 Å². The molecule has 0 amide bonds. The van der Waals surface area contributed by atoms with E-state index in [1.165, 1.54) is 0 Å². The van der Waals surface area contributed by atoms with Crippen LogP contribution >= 0.6 is 0 Å². The largest absolute Gasteiger partial charge is 0.468 e. The molecule has 5 nitrogen and oxygen atoms in total. The fourth-order valence-corrected chi connectivity index (χ4v) is 2.88. The molecule has 2 atom stereocenters. The molecule has 2 rings (SSSR count). The topological polar surface area (TPSA) is 71.9 Å². The molecule has 0 aliphatic carbocycles. The minimum absolute atomic E-state index is 0.0797. The number of ether oxygens (including phenoxy) is 1. The third-order valence-corrected chi connectivity index (χ3v) is 4.03. The van der Waals surface area contributed by atoms with Crippen LogP contribution in [0.2, 0.25) is 0 Å². The van der Waals surface area contributed by atoms with Gasteiger partial charge in [-0.25, -0.2) is 0 Å². The second kappa shape index (κ2) is 7.78. The molecular formula is C15H26N2O3. The fraction of sp³-hybridized carbons (Fsp3) is 0.733. The molecule has 2 unspecified atom stereocenters. The number of likely N-dealkylation sites (tertiary alicyclic amines) is 1. The molecule has 0 aromatic carbocycles. The van der Waals surface area contributed by atoms with Crippen molar-refractivity contribution in [3.63, 3.8) is 0 Å². The van der Waals surface area contributed by atoms with Crippen molar-refractivity contribution in [1.82, 2.24) is 4.90 Å². The SMILES string of the molecule is CCC(N)C(c1ccco1)N1CCC(OCCO)CC1. The van der Waals surface area contributed by atoms with Crippen LogP contribution in [0.4, 0.5) is 0 Å². The van der Waals surface area contributed by atoms with Crippen LogP contribution < -0.4 is 5.73 Å². The van der Waals surface area contributed by atoms with E-state index >= 15 is 0 Å². The molecule has 5 heteroatoms. The number of nitrogens with zero attached hydrogens (tertiary/aromatic N) is 1. The maximum absolute atomic E-state index is 8.80. The van der Waals surface area contributed by atoms with Crippen LogP contribution in [0.25, 0.3) is 0 Å². The molecule has 1 saturated heterocycles. The molecule has 1 aliphatic rings. The summed E-state index contributed by atoms with van der Waals surface area (Å²) < 4.78 is 11.2. The molecule has 3 N–H and O–H groups in total. The zero-order valence-corrected chi connectivity index (χ0v) is 12.2. The molecule has 1 aliphatic heterocycles. The van der Waals surface area contributed by atoms with Crippen LogP contribution in [0, 0.1) is 0 Å². The Kier molecular flexibility index (Phi) is 6.04. The van der Waals surface area contributed by atoms with Gasteiger partial charge in [0.2, 0.25) is 0 Å².